The first-order valence-electron chi connectivity index (χ1n) is 9.86. The average molecular weight is 498 g/mol. The number of benzene rings is 1. The van der Waals surface area contributed by atoms with Crippen molar-refractivity contribution in [1.29, 1.82) is 0 Å². The van der Waals surface area contributed by atoms with Gasteiger partial charge in [0.2, 0.25) is 5.91 Å². The number of hydrogen-bond acceptors (Lipinski definition) is 5. The molecule has 1 aromatic carbocycles. The zero-order chi connectivity index (χ0) is 20.4. The van der Waals surface area contributed by atoms with E-state index in [0.717, 1.165) is 41.4 Å². The number of amides is 1. The van der Waals surface area contributed by atoms with Crippen LogP contribution in [0.4, 0.5) is 0 Å². The maximum absolute atomic E-state index is 13.1. The van der Waals surface area contributed by atoms with Crippen LogP contribution in [0, 0.1) is 0 Å². The average Bonchev–Trinajstić information content (AvgIpc) is 3.43. The zero-order valence-corrected chi connectivity index (χ0v) is 19.2. The van der Waals surface area contributed by atoms with Crippen molar-refractivity contribution in [2.24, 2.45) is 0 Å². The number of halogens is 1. The second-order valence-electron chi connectivity index (χ2n) is 7.69. The van der Waals surface area contributed by atoms with E-state index < -0.39 is 9.84 Å². The van der Waals surface area contributed by atoms with Crippen LogP contribution in [0.2, 0.25) is 0 Å². The molecule has 0 bridgehead atoms. The third-order valence-electron chi connectivity index (χ3n) is 5.65. The van der Waals surface area contributed by atoms with Gasteiger partial charge in [0.25, 0.3) is 0 Å². The lowest BCUT2D eigenvalue weighted by Gasteiger charge is -2.34. The molecular formula is C20H24BrN3O3S2. The summed E-state index contributed by atoms with van der Waals surface area (Å²) in [6, 6.07) is 7.95. The highest BCUT2D eigenvalue weighted by Crippen LogP contribution is 2.30. The number of imidazole rings is 1. The Morgan fingerprint density at radius 1 is 1.17 bits per heavy atom. The summed E-state index contributed by atoms with van der Waals surface area (Å²) in [4.78, 5) is 22.6. The molecule has 1 saturated heterocycles. The number of carbonyl (C=O) groups is 1. The summed E-state index contributed by atoms with van der Waals surface area (Å²) >= 11 is 4.81. The normalized spacial score (nSPS) is 21.5. The maximum atomic E-state index is 13.1. The van der Waals surface area contributed by atoms with Crippen LogP contribution in [0.5, 0.6) is 0 Å². The minimum atomic E-state index is -3.02. The van der Waals surface area contributed by atoms with Gasteiger partial charge < -0.3 is 9.88 Å². The summed E-state index contributed by atoms with van der Waals surface area (Å²) < 4.78 is 24.9. The molecule has 1 N–H and O–H groups in total. The highest BCUT2D eigenvalue weighted by Gasteiger charge is 2.38. The second kappa shape index (κ2) is 8.81. The number of aromatic nitrogens is 2. The van der Waals surface area contributed by atoms with Crippen molar-refractivity contribution in [2.75, 3.05) is 17.3 Å². The Morgan fingerprint density at radius 3 is 2.55 bits per heavy atom. The van der Waals surface area contributed by atoms with E-state index in [1.165, 1.54) is 11.8 Å². The molecule has 1 aliphatic heterocycles. The van der Waals surface area contributed by atoms with Gasteiger partial charge in [0.1, 0.15) is 0 Å². The van der Waals surface area contributed by atoms with E-state index in [0.29, 0.717) is 11.6 Å². The van der Waals surface area contributed by atoms with Crippen LogP contribution >= 0.6 is 27.7 Å². The molecule has 1 atom stereocenters. The van der Waals surface area contributed by atoms with Gasteiger partial charge >= 0.3 is 0 Å². The molecule has 9 heteroatoms. The Balaban J connectivity index is 1.42. The van der Waals surface area contributed by atoms with E-state index >= 15 is 0 Å². The van der Waals surface area contributed by atoms with Crippen molar-refractivity contribution >= 4 is 43.4 Å². The first-order chi connectivity index (χ1) is 13.9. The van der Waals surface area contributed by atoms with Crippen LogP contribution < -0.4 is 0 Å². The second-order valence-corrected chi connectivity index (χ2v) is 11.8. The first-order valence-corrected chi connectivity index (χ1v) is 13.5. The monoisotopic (exact) mass is 497 g/mol. The van der Waals surface area contributed by atoms with Crippen molar-refractivity contribution in [3.63, 3.8) is 0 Å². The maximum Gasteiger partial charge on any atom is 0.233 e. The van der Waals surface area contributed by atoms with Crippen LogP contribution in [0.15, 0.2) is 40.1 Å². The number of rotatable bonds is 6. The lowest BCUT2D eigenvalue weighted by Crippen LogP contribution is -2.47. The Hall–Kier alpha value is -1.32. The van der Waals surface area contributed by atoms with E-state index in [2.05, 4.69) is 25.9 Å². The first kappa shape index (κ1) is 20.9. The fraction of sp³-hybridized carbons (Fsp3) is 0.500. The zero-order valence-electron chi connectivity index (χ0n) is 16.0. The summed E-state index contributed by atoms with van der Waals surface area (Å²) in [6.45, 7) is 0. The van der Waals surface area contributed by atoms with E-state index in [4.69, 9.17) is 0 Å². The van der Waals surface area contributed by atoms with Gasteiger partial charge in [-0.2, -0.15) is 0 Å². The molecule has 29 heavy (non-hydrogen) atoms. The molecule has 2 fully saturated rings. The molecule has 1 saturated carbocycles. The van der Waals surface area contributed by atoms with E-state index in [9.17, 15) is 13.2 Å². The molecule has 1 aromatic heterocycles. The van der Waals surface area contributed by atoms with Gasteiger partial charge in [0.05, 0.1) is 29.1 Å². The topological polar surface area (TPSA) is 83.1 Å². The van der Waals surface area contributed by atoms with Gasteiger partial charge in [-0.15, -0.1) is 0 Å². The lowest BCUT2D eigenvalue weighted by atomic mass is 10.1. The highest BCUT2D eigenvalue weighted by atomic mass is 79.9. The molecule has 156 valence electrons. The van der Waals surface area contributed by atoms with Crippen LogP contribution in [0.3, 0.4) is 0 Å². The molecule has 0 spiro atoms. The van der Waals surface area contributed by atoms with Gasteiger partial charge in [-0.3, -0.25) is 4.79 Å². The summed E-state index contributed by atoms with van der Waals surface area (Å²) in [5.41, 5.74) is 1.93. The SMILES string of the molecule is O=C(CSc1ncc(-c2ccc(Br)cc2)[nH]1)N(C1CCCC1)C1CCS(=O)(=O)C1. The fourth-order valence-corrected chi connectivity index (χ4v) is 6.93. The fourth-order valence-electron chi connectivity index (χ4n) is 4.24. The van der Waals surface area contributed by atoms with Crippen LogP contribution in [-0.4, -0.2) is 58.5 Å². The number of nitrogens with one attached hydrogen (secondary N) is 1. The molecule has 6 nitrogen and oxygen atoms in total. The molecular weight excluding hydrogens is 474 g/mol. The number of aromatic amines is 1. The summed E-state index contributed by atoms with van der Waals surface area (Å²) in [5.74, 6) is 0.579. The summed E-state index contributed by atoms with van der Waals surface area (Å²) in [5, 5.41) is 0.696. The molecule has 1 unspecified atom stereocenters. The van der Waals surface area contributed by atoms with Gasteiger partial charge in [0.15, 0.2) is 15.0 Å². The van der Waals surface area contributed by atoms with Crippen LogP contribution in [-0.2, 0) is 14.6 Å². The smallest absolute Gasteiger partial charge is 0.233 e. The Bertz CT molecular complexity index is 969. The van der Waals surface area contributed by atoms with Crippen molar-refractivity contribution in [3.05, 3.63) is 34.9 Å². The third-order valence-corrected chi connectivity index (χ3v) is 8.80. The van der Waals surface area contributed by atoms with Crippen molar-refractivity contribution < 1.29 is 13.2 Å². The highest BCUT2D eigenvalue weighted by molar-refractivity contribution is 9.10. The summed E-state index contributed by atoms with van der Waals surface area (Å²) in [6.07, 6.45) is 6.49. The number of hydrogen-bond donors (Lipinski definition) is 1. The molecule has 1 amide bonds. The van der Waals surface area contributed by atoms with Crippen molar-refractivity contribution in [3.8, 4) is 11.3 Å². The summed E-state index contributed by atoms with van der Waals surface area (Å²) in [7, 11) is -3.02. The quantitative estimate of drug-likeness (QED) is 0.612. The Labute approximate surface area is 183 Å². The number of nitrogens with zero attached hydrogens (tertiary/aromatic N) is 2. The minimum absolute atomic E-state index is 0.0191. The third kappa shape index (κ3) is 5.06. The molecule has 4 rings (SSSR count). The molecule has 2 heterocycles. The van der Waals surface area contributed by atoms with Crippen molar-refractivity contribution in [2.45, 2.75) is 49.3 Å². The van der Waals surface area contributed by atoms with Gasteiger partial charge in [-0.1, -0.05) is 52.7 Å². The molecule has 2 aromatic rings. The standard InChI is InChI=1S/C20H24BrN3O3S2/c21-15-7-5-14(6-8-15)18-11-22-20(23-18)28-12-19(25)24(16-3-1-2-4-16)17-9-10-29(26,27)13-17/h5-8,11,16-17H,1-4,9-10,12-13H2,(H,22,23). The number of thioether (sulfide) groups is 1. The minimum Gasteiger partial charge on any atom is -0.335 e. The lowest BCUT2D eigenvalue weighted by molar-refractivity contribution is -0.132. The number of H-pyrrole nitrogens is 1. The molecule has 1 aliphatic carbocycles. The van der Waals surface area contributed by atoms with Gasteiger partial charge in [-0.25, -0.2) is 13.4 Å². The predicted octanol–water partition coefficient (Wildman–Crippen LogP) is 3.89. The number of carbonyl (C=O) groups excluding carboxylic acids is 1. The van der Waals surface area contributed by atoms with Gasteiger partial charge in [0, 0.05) is 16.6 Å². The van der Waals surface area contributed by atoms with E-state index in [-0.39, 0.29) is 35.2 Å². The number of sulfone groups is 1. The van der Waals surface area contributed by atoms with Crippen molar-refractivity contribution in [1.82, 2.24) is 14.9 Å². The predicted molar refractivity (Wildman–Crippen MR) is 119 cm³/mol. The van der Waals surface area contributed by atoms with E-state index in [1.54, 1.807) is 6.20 Å². The largest absolute Gasteiger partial charge is 0.335 e. The Morgan fingerprint density at radius 2 is 1.90 bits per heavy atom. The van der Waals surface area contributed by atoms with Crippen LogP contribution in [0.1, 0.15) is 32.1 Å². The molecule has 2 aliphatic rings. The van der Waals surface area contributed by atoms with E-state index in [1.807, 2.05) is 29.2 Å². The molecule has 0 radical (unpaired) electrons. The van der Waals surface area contributed by atoms with Crippen LogP contribution in [0.25, 0.3) is 11.3 Å². The van der Waals surface area contributed by atoms with Gasteiger partial charge in [-0.05, 0) is 37.0 Å². The Kier molecular flexibility index (Phi) is 6.36.